The Bertz CT molecular complexity index is 3520. The summed E-state index contributed by atoms with van der Waals surface area (Å²) in [4.78, 5) is 0. The van der Waals surface area contributed by atoms with E-state index in [2.05, 4.69) is 223 Å². The molecule has 0 amide bonds. The quantitative estimate of drug-likeness (QED) is 0.142. The molecule has 2 heterocycles. The van der Waals surface area contributed by atoms with Gasteiger partial charge in [-0.25, -0.2) is 0 Å². The van der Waals surface area contributed by atoms with Crippen molar-refractivity contribution in [3.8, 4) is 27.9 Å². The van der Waals surface area contributed by atoms with Crippen molar-refractivity contribution in [3.63, 3.8) is 0 Å². The number of hydrogen-bond acceptors (Lipinski definition) is 1. The van der Waals surface area contributed by atoms with Crippen molar-refractivity contribution in [2.24, 2.45) is 5.92 Å². The van der Waals surface area contributed by atoms with Gasteiger partial charge in [0.2, 0.25) is 0 Å². The van der Waals surface area contributed by atoms with E-state index in [0.717, 1.165) is 46.8 Å². The Balaban J connectivity index is 0.835. The summed E-state index contributed by atoms with van der Waals surface area (Å²) in [7, 11) is 0. The highest BCUT2D eigenvalue weighted by Gasteiger charge is 2.20. The topological polar surface area (TPSA) is 18.1 Å². The zero-order chi connectivity index (χ0) is 41.7. The molecule has 12 rings (SSSR count). The average molecular weight is 808 g/mol. The first kappa shape index (κ1) is 37.1. The Hall–Kier alpha value is -7.68. The molecule has 1 aliphatic carbocycles. The van der Waals surface area contributed by atoms with E-state index in [4.69, 9.17) is 4.42 Å². The van der Waals surface area contributed by atoms with Crippen molar-refractivity contribution in [2.45, 2.75) is 25.2 Å². The van der Waals surface area contributed by atoms with Crippen molar-refractivity contribution < 1.29 is 4.42 Å². The molecule has 0 bridgehead atoms. The minimum Gasteiger partial charge on any atom is -0.455 e. The molecule has 2 atom stereocenters. The van der Waals surface area contributed by atoms with E-state index in [0.29, 0.717) is 5.92 Å². The van der Waals surface area contributed by atoms with Gasteiger partial charge < -0.3 is 8.98 Å². The van der Waals surface area contributed by atoms with Gasteiger partial charge in [-0.3, -0.25) is 0 Å². The molecule has 0 saturated carbocycles. The molecule has 2 aromatic heterocycles. The monoisotopic (exact) mass is 807 g/mol. The largest absolute Gasteiger partial charge is 0.455 e. The zero-order valence-corrected chi connectivity index (χ0v) is 35.0. The Kier molecular flexibility index (Phi) is 9.22. The molecule has 2 heteroatoms. The van der Waals surface area contributed by atoms with Crippen LogP contribution in [0.2, 0.25) is 0 Å². The van der Waals surface area contributed by atoms with Crippen LogP contribution < -0.4 is 0 Å². The first-order valence-corrected chi connectivity index (χ1v) is 22.3. The van der Waals surface area contributed by atoms with Crippen molar-refractivity contribution in [1.29, 1.82) is 0 Å². The number of para-hydroxylation sites is 4. The molecule has 2 unspecified atom stereocenters. The number of benzene rings is 9. The number of rotatable bonds is 9. The van der Waals surface area contributed by atoms with E-state index in [1.807, 2.05) is 6.07 Å². The lowest BCUT2D eigenvalue weighted by Crippen LogP contribution is -2.06. The molecule has 0 N–H and O–H groups in total. The summed E-state index contributed by atoms with van der Waals surface area (Å²) in [6.45, 7) is 0. The van der Waals surface area contributed by atoms with Crippen LogP contribution in [0.25, 0.3) is 88.0 Å². The van der Waals surface area contributed by atoms with E-state index >= 15 is 0 Å². The third-order valence-corrected chi connectivity index (χ3v) is 13.5. The Labute approximate surface area is 367 Å². The number of fused-ring (bicyclic) bond motifs is 7. The standard InChI is InChI=1S/C61H45NO/c1-2-14-49(15-3-1)62-58-22-8-6-17-54(58)57-40-48(37-39-59(57)62)42-27-24-41(25-28-42)26-38-50(44-29-33-46(34-30-44)52-19-10-13-43-12-4-5-16-51(43)52)45-31-35-47(36-32-45)53-20-11-21-56-55-18-7-9-23-60(55)63-61(53)56/h1-24,27-37,39-41,50H,25-26,38H2. The van der Waals surface area contributed by atoms with Crippen molar-refractivity contribution in [3.05, 3.63) is 241 Å². The Morgan fingerprint density at radius 3 is 1.90 bits per heavy atom. The van der Waals surface area contributed by atoms with Gasteiger partial charge in [-0.1, -0.05) is 188 Å². The van der Waals surface area contributed by atoms with E-state index in [9.17, 15) is 0 Å². The fourth-order valence-electron chi connectivity index (χ4n) is 10.2. The molecule has 11 aromatic rings. The van der Waals surface area contributed by atoms with Gasteiger partial charge in [0, 0.05) is 38.7 Å². The van der Waals surface area contributed by atoms with E-state index in [1.54, 1.807) is 0 Å². The summed E-state index contributed by atoms with van der Waals surface area (Å²) in [6.07, 6.45) is 10.5. The molecule has 0 fully saturated rings. The molecule has 2 nitrogen and oxygen atoms in total. The van der Waals surface area contributed by atoms with Crippen LogP contribution in [0.4, 0.5) is 0 Å². The summed E-state index contributed by atoms with van der Waals surface area (Å²) in [5.41, 5.74) is 15.6. The van der Waals surface area contributed by atoms with Gasteiger partial charge in [-0.15, -0.1) is 0 Å². The SMILES string of the molecule is C1=CC(CCC(c2ccc(-c3cccc4ccccc34)cc2)c2ccc(-c3cccc4c3oc3ccccc34)cc2)CC=C1c1ccc2c(c1)c1ccccc1n2-c1ccccc1. The van der Waals surface area contributed by atoms with Crippen LogP contribution in [0.5, 0.6) is 0 Å². The van der Waals surface area contributed by atoms with Gasteiger partial charge in [0.1, 0.15) is 11.2 Å². The summed E-state index contributed by atoms with van der Waals surface area (Å²) in [5.74, 6) is 0.727. The molecule has 9 aromatic carbocycles. The van der Waals surface area contributed by atoms with Crippen LogP contribution >= 0.6 is 0 Å². The minimum absolute atomic E-state index is 0.255. The van der Waals surface area contributed by atoms with Gasteiger partial charge >= 0.3 is 0 Å². The third-order valence-electron chi connectivity index (χ3n) is 13.5. The maximum absolute atomic E-state index is 6.44. The van der Waals surface area contributed by atoms with E-state index in [-0.39, 0.29) is 5.92 Å². The van der Waals surface area contributed by atoms with Gasteiger partial charge in [-0.05, 0) is 111 Å². The summed E-state index contributed by atoms with van der Waals surface area (Å²) < 4.78 is 8.83. The summed E-state index contributed by atoms with van der Waals surface area (Å²) in [6, 6.07) is 75.2. The van der Waals surface area contributed by atoms with Gasteiger partial charge in [0.25, 0.3) is 0 Å². The van der Waals surface area contributed by atoms with Crippen LogP contribution in [0.3, 0.4) is 0 Å². The van der Waals surface area contributed by atoms with Crippen LogP contribution in [0.1, 0.15) is 41.9 Å². The molecule has 0 aliphatic heterocycles. The number of aromatic nitrogens is 1. The van der Waals surface area contributed by atoms with Gasteiger partial charge in [-0.2, -0.15) is 0 Å². The summed E-state index contributed by atoms with van der Waals surface area (Å²) >= 11 is 0. The number of allylic oxidation sites excluding steroid dienone is 4. The second kappa shape index (κ2) is 15.7. The zero-order valence-electron chi connectivity index (χ0n) is 35.0. The van der Waals surface area contributed by atoms with Gasteiger partial charge in [0.15, 0.2) is 0 Å². The van der Waals surface area contributed by atoms with Crippen LogP contribution in [-0.4, -0.2) is 4.57 Å². The van der Waals surface area contributed by atoms with E-state index < -0.39 is 0 Å². The highest BCUT2D eigenvalue weighted by molar-refractivity contribution is 6.11. The third kappa shape index (κ3) is 6.67. The van der Waals surface area contributed by atoms with Crippen LogP contribution in [0, 0.1) is 5.92 Å². The molecular formula is C61H45NO. The predicted molar refractivity (Wildman–Crippen MR) is 266 cm³/mol. The Morgan fingerprint density at radius 2 is 1.11 bits per heavy atom. The Morgan fingerprint density at radius 1 is 0.492 bits per heavy atom. The fraction of sp³-hybridized carbons (Fsp3) is 0.0820. The molecule has 0 saturated heterocycles. The van der Waals surface area contributed by atoms with E-state index in [1.165, 1.54) is 77.2 Å². The van der Waals surface area contributed by atoms with Crippen molar-refractivity contribution in [1.82, 2.24) is 4.57 Å². The molecule has 300 valence electrons. The lowest BCUT2D eigenvalue weighted by molar-refractivity contribution is 0.537. The fourth-order valence-corrected chi connectivity index (χ4v) is 10.2. The van der Waals surface area contributed by atoms with Crippen LogP contribution in [-0.2, 0) is 0 Å². The second-order valence-corrected chi connectivity index (χ2v) is 17.1. The molecule has 63 heavy (non-hydrogen) atoms. The average Bonchev–Trinajstić information content (AvgIpc) is 3.91. The summed E-state index contributed by atoms with van der Waals surface area (Å²) in [5, 5.41) is 7.44. The maximum Gasteiger partial charge on any atom is 0.143 e. The minimum atomic E-state index is 0.255. The highest BCUT2D eigenvalue weighted by Crippen LogP contribution is 2.40. The van der Waals surface area contributed by atoms with Crippen LogP contribution in [0.15, 0.2) is 229 Å². The lowest BCUT2D eigenvalue weighted by Gasteiger charge is -2.23. The highest BCUT2D eigenvalue weighted by atomic mass is 16.3. The van der Waals surface area contributed by atoms with Crippen molar-refractivity contribution in [2.75, 3.05) is 0 Å². The normalized spacial score (nSPS) is 14.5. The number of hydrogen-bond donors (Lipinski definition) is 0. The number of furan rings is 1. The predicted octanol–water partition coefficient (Wildman–Crippen LogP) is 16.7. The lowest BCUT2D eigenvalue weighted by atomic mass is 9.82. The second-order valence-electron chi connectivity index (χ2n) is 17.1. The molecular weight excluding hydrogens is 763 g/mol. The maximum atomic E-state index is 6.44. The smallest absolute Gasteiger partial charge is 0.143 e. The first-order chi connectivity index (χ1) is 31.2. The van der Waals surface area contributed by atoms with Crippen molar-refractivity contribution >= 4 is 60.1 Å². The molecule has 0 radical (unpaired) electrons. The first-order valence-electron chi connectivity index (χ1n) is 22.3. The molecule has 1 aliphatic rings. The number of nitrogens with zero attached hydrogens (tertiary/aromatic N) is 1. The molecule has 0 spiro atoms. The van der Waals surface area contributed by atoms with Gasteiger partial charge in [0.05, 0.1) is 11.0 Å².